The van der Waals surface area contributed by atoms with Gasteiger partial charge >= 0.3 is 0 Å². The van der Waals surface area contributed by atoms with Gasteiger partial charge in [0, 0.05) is 31.3 Å². The molecule has 4 unspecified atom stereocenters. The smallest absolute Gasteiger partial charge is 0.135 e. The van der Waals surface area contributed by atoms with E-state index in [1.54, 1.807) is 23.5 Å². The zero-order valence-electron chi connectivity index (χ0n) is 23.7. The molecule has 0 aromatic heterocycles. The second-order valence-electron chi connectivity index (χ2n) is 9.86. The topological polar surface area (TPSA) is 69.7 Å². The molecule has 39 heavy (non-hydrogen) atoms. The number of aromatic hydroxyl groups is 1. The molecule has 3 aromatic carbocycles. The lowest BCUT2D eigenvalue weighted by molar-refractivity contribution is -0.0886. The highest BCUT2D eigenvalue weighted by molar-refractivity contribution is 7.98. The quantitative estimate of drug-likeness (QED) is 0.102. The van der Waals surface area contributed by atoms with Gasteiger partial charge in [-0.05, 0) is 68.2 Å². The molecule has 214 valence electrons. The molecule has 1 saturated heterocycles. The Morgan fingerprint density at radius 1 is 0.769 bits per heavy atom. The Bertz CT molecular complexity index is 1210. The second-order valence-corrected chi connectivity index (χ2v) is 11.6. The Morgan fingerprint density at radius 2 is 1.31 bits per heavy atom. The van der Waals surface area contributed by atoms with Crippen LogP contribution in [0.15, 0.2) is 46.2 Å². The van der Waals surface area contributed by atoms with Crippen LogP contribution in [0.25, 0.3) is 21.5 Å². The van der Waals surface area contributed by atoms with Crippen LogP contribution in [0.5, 0.6) is 11.5 Å². The van der Waals surface area contributed by atoms with Gasteiger partial charge in [-0.25, -0.2) is 0 Å². The zero-order chi connectivity index (χ0) is 27.8. The number of thioether (sulfide) groups is 2. The van der Waals surface area contributed by atoms with Crippen molar-refractivity contribution in [2.75, 3.05) is 45.5 Å². The summed E-state index contributed by atoms with van der Waals surface area (Å²) in [5.74, 6) is 1.08. The molecule has 0 aliphatic carbocycles. The number of rotatable bonds is 17. The molecule has 3 aromatic rings. The van der Waals surface area contributed by atoms with Crippen LogP contribution in [-0.2, 0) is 18.9 Å². The molecule has 6 nitrogen and oxygen atoms in total. The predicted octanol–water partition coefficient (Wildman–Crippen LogP) is 7.31. The van der Waals surface area contributed by atoms with Gasteiger partial charge in [-0.3, -0.25) is 0 Å². The van der Waals surface area contributed by atoms with E-state index in [4.69, 9.17) is 23.7 Å². The lowest BCUT2D eigenvalue weighted by Gasteiger charge is -2.24. The largest absolute Gasteiger partial charge is 0.507 e. The molecular weight excluding hydrogens is 532 g/mol. The fourth-order valence-electron chi connectivity index (χ4n) is 4.46. The van der Waals surface area contributed by atoms with E-state index in [-0.39, 0.29) is 24.4 Å². The van der Waals surface area contributed by atoms with Gasteiger partial charge in [0.2, 0.25) is 0 Å². The van der Waals surface area contributed by atoms with E-state index in [2.05, 4.69) is 39.2 Å². The molecular formula is C31H42O6S2. The summed E-state index contributed by atoms with van der Waals surface area (Å²) in [4.78, 5) is 2.22. The maximum atomic E-state index is 11.2. The SMILES string of the molecule is CCC(COc1c2ccc(SC)cc2c(O)c2ccc(SC)cc12)OCC(CC)OCC(CC)OCC1CO1. The summed E-state index contributed by atoms with van der Waals surface area (Å²) in [7, 11) is 0. The molecule has 0 amide bonds. The summed E-state index contributed by atoms with van der Waals surface area (Å²) in [5, 5.41) is 14.6. The average Bonchev–Trinajstić information content (AvgIpc) is 3.81. The number of hydrogen-bond donors (Lipinski definition) is 1. The van der Waals surface area contributed by atoms with Gasteiger partial charge in [0.15, 0.2) is 0 Å². The normalized spacial score (nSPS) is 17.4. The van der Waals surface area contributed by atoms with Gasteiger partial charge in [0.05, 0.1) is 44.7 Å². The van der Waals surface area contributed by atoms with Crippen LogP contribution in [0.2, 0.25) is 0 Å². The summed E-state index contributed by atoms with van der Waals surface area (Å²) in [6.07, 6.45) is 6.92. The summed E-state index contributed by atoms with van der Waals surface area (Å²) >= 11 is 3.33. The van der Waals surface area contributed by atoms with Crippen molar-refractivity contribution in [1.29, 1.82) is 0 Å². The number of ether oxygens (including phenoxy) is 5. The van der Waals surface area contributed by atoms with Crippen molar-refractivity contribution < 1.29 is 28.8 Å². The molecule has 0 radical (unpaired) electrons. The third kappa shape index (κ3) is 7.96. The first kappa shape index (κ1) is 30.3. The number of epoxide rings is 1. The number of hydrogen-bond acceptors (Lipinski definition) is 8. The van der Waals surface area contributed by atoms with Gasteiger partial charge in [0.25, 0.3) is 0 Å². The van der Waals surface area contributed by atoms with Crippen molar-refractivity contribution in [3.8, 4) is 11.5 Å². The number of phenols is 1. The van der Waals surface area contributed by atoms with Crippen LogP contribution in [0.4, 0.5) is 0 Å². The van der Waals surface area contributed by atoms with Crippen molar-refractivity contribution in [2.45, 2.75) is 74.2 Å². The van der Waals surface area contributed by atoms with Crippen LogP contribution < -0.4 is 4.74 Å². The Hall–Kier alpha value is -1.68. The Balaban J connectivity index is 1.44. The van der Waals surface area contributed by atoms with Gasteiger partial charge in [-0.1, -0.05) is 20.8 Å². The molecule has 1 aliphatic heterocycles. The monoisotopic (exact) mass is 574 g/mol. The third-order valence-corrected chi connectivity index (χ3v) is 8.64. The van der Waals surface area contributed by atoms with Crippen molar-refractivity contribution >= 4 is 45.1 Å². The molecule has 0 saturated carbocycles. The first-order valence-corrected chi connectivity index (χ1v) is 16.4. The highest BCUT2D eigenvalue weighted by Crippen LogP contribution is 2.44. The zero-order valence-corrected chi connectivity index (χ0v) is 25.4. The van der Waals surface area contributed by atoms with Crippen LogP contribution in [-0.4, -0.2) is 75.1 Å². The fourth-order valence-corrected chi connectivity index (χ4v) is 5.34. The van der Waals surface area contributed by atoms with Crippen molar-refractivity contribution in [2.24, 2.45) is 0 Å². The standard InChI is InChI=1S/C31H42O6S2/c1-6-20(33-16-21(7-2)35-18-23-19-36-23)15-34-22(8-3)17-37-31-27-12-10-24(38-4)13-28(27)30(32)26-11-9-25(39-5)14-29(26)31/h9-14,20-23,32H,6-8,15-19H2,1-5H3. The van der Waals surface area contributed by atoms with Gasteiger partial charge in [-0.15, -0.1) is 23.5 Å². The van der Waals surface area contributed by atoms with Crippen LogP contribution in [0.1, 0.15) is 40.0 Å². The van der Waals surface area contributed by atoms with E-state index in [1.807, 2.05) is 30.5 Å². The molecule has 0 spiro atoms. The lowest BCUT2D eigenvalue weighted by atomic mass is 10.0. The van der Waals surface area contributed by atoms with E-state index in [1.165, 1.54) is 0 Å². The molecule has 1 aliphatic rings. The maximum Gasteiger partial charge on any atom is 0.135 e. The minimum Gasteiger partial charge on any atom is -0.507 e. The highest BCUT2D eigenvalue weighted by atomic mass is 32.2. The number of phenolic OH excluding ortho intramolecular Hbond substituents is 1. The van der Waals surface area contributed by atoms with Gasteiger partial charge in [-0.2, -0.15) is 0 Å². The van der Waals surface area contributed by atoms with Crippen LogP contribution in [0.3, 0.4) is 0 Å². The van der Waals surface area contributed by atoms with Gasteiger partial charge in [0.1, 0.15) is 24.2 Å². The predicted molar refractivity (Wildman–Crippen MR) is 162 cm³/mol. The van der Waals surface area contributed by atoms with Crippen molar-refractivity contribution in [1.82, 2.24) is 0 Å². The number of benzene rings is 3. The molecule has 1 N–H and O–H groups in total. The molecule has 0 bridgehead atoms. The maximum absolute atomic E-state index is 11.2. The van der Waals surface area contributed by atoms with Crippen molar-refractivity contribution in [3.05, 3.63) is 36.4 Å². The minimum absolute atomic E-state index is 0.00157. The van der Waals surface area contributed by atoms with Crippen molar-refractivity contribution in [3.63, 3.8) is 0 Å². The molecule has 8 heteroatoms. The minimum atomic E-state index is -0.0824. The van der Waals surface area contributed by atoms with Crippen LogP contribution in [0, 0.1) is 0 Å². The molecule has 4 rings (SSSR count). The van der Waals surface area contributed by atoms with Gasteiger partial charge < -0.3 is 28.8 Å². The molecule has 4 atom stereocenters. The lowest BCUT2D eigenvalue weighted by Crippen LogP contribution is -2.30. The highest BCUT2D eigenvalue weighted by Gasteiger charge is 2.24. The summed E-state index contributed by atoms with van der Waals surface area (Å²) in [5.41, 5.74) is 0. The summed E-state index contributed by atoms with van der Waals surface area (Å²) < 4.78 is 30.2. The average molecular weight is 575 g/mol. The molecule has 1 heterocycles. The van der Waals surface area contributed by atoms with E-state index in [0.29, 0.717) is 32.2 Å². The fraction of sp³-hybridized carbons (Fsp3) is 0.548. The van der Waals surface area contributed by atoms with E-state index < -0.39 is 0 Å². The Kier molecular flexibility index (Phi) is 11.5. The van der Waals surface area contributed by atoms with E-state index >= 15 is 0 Å². The van der Waals surface area contributed by atoms with E-state index in [0.717, 1.165) is 63.0 Å². The van der Waals surface area contributed by atoms with E-state index in [9.17, 15) is 5.11 Å². The molecule has 1 fully saturated rings. The Labute approximate surface area is 241 Å². The first-order chi connectivity index (χ1) is 19.0. The first-order valence-electron chi connectivity index (χ1n) is 13.9. The Morgan fingerprint density at radius 3 is 1.87 bits per heavy atom. The summed E-state index contributed by atoms with van der Waals surface area (Å²) in [6.45, 7) is 9.26. The third-order valence-electron chi connectivity index (χ3n) is 7.19. The number of fused-ring (bicyclic) bond motifs is 2. The summed E-state index contributed by atoms with van der Waals surface area (Å²) in [6, 6.07) is 12.3. The van der Waals surface area contributed by atoms with Crippen LogP contribution >= 0.6 is 23.5 Å². The second kappa shape index (κ2) is 14.8.